The van der Waals surface area contributed by atoms with E-state index < -0.39 is 0 Å². The molecule has 1 unspecified atom stereocenters. The molecule has 0 aliphatic carbocycles. The van der Waals surface area contributed by atoms with Crippen molar-refractivity contribution in [3.63, 3.8) is 0 Å². The topological polar surface area (TPSA) is 85.8 Å². The zero-order valence-corrected chi connectivity index (χ0v) is 14.8. The molecule has 126 valence electrons. The lowest BCUT2D eigenvalue weighted by Gasteiger charge is -2.10. The molecule has 0 saturated carbocycles. The van der Waals surface area contributed by atoms with Gasteiger partial charge in [0.15, 0.2) is 11.0 Å². The lowest BCUT2D eigenvalue weighted by atomic mass is 9.96. The highest BCUT2D eigenvalue weighted by molar-refractivity contribution is 7.14. The summed E-state index contributed by atoms with van der Waals surface area (Å²) in [5, 5.41) is 9.26. The summed E-state index contributed by atoms with van der Waals surface area (Å²) in [4.78, 5) is 21.0. The number of aromatic nitrogens is 4. The smallest absolute Gasteiger partial charge is 0.226 e. The van der Waals surface area contributed by atoms with Gasteiger partial charge in [-0.15, -0.1) is 11.3 Å². The molecule has 3 rings (SSSR count). The molecule has 1 atom stereocenters. The van der Waals surface area contributed by atoms with Gasteiger partial charge < -0.3 is 14.4 Å². The molecule has 0 saturated heterocycles. The molecule has 8 heteroatoms. The molecule has 0 aliphatic heterocycles. The van der Waals surface area contributed by atoms with Gasteiger partial charge in [0.05, 0.1) is 5.69 Å². The second kappa shape index (κ2) is 6.56. The number of rotatable bonds is 5. The average Bonchev–Trinajstić information content (AvgIpc) is 3.20. The molecule has 7 nitrogen and oxygen atoms in total. The molecule has 0 aromatic carbocycles. The highest BCUT2D eigenvalue weighted by Gasteiger charge is 2.20. The Morgan fingerprint density at radius 3 is 2.88 bits per heavy atom. The SMILES string of the molecule is Cc1noc(C)c1C(C)CC(=O)Nc1nc(-c2nccn2C)cs1. The van der Waals surface area contributed by atoms with Gasteiger partial charge >= 0.3 is 0 Å². The van der Waals surface area contributed by atoms with Crippen LogP contribution in [-0.4, -0.2) is 25.6 Å². The van der Waals surface area contributed by atoms with Gasteiger partial charge in [0, 0.05) is 36.8 Å². The van der Waals surface area contributed by atoms with Crippen LogP contribution in [0.15, 0.2) is 22.3 Å². The summed E-state index contributed by atoms with van der Waals surface area (Å²) in [7, 11) is 1.91. The maximum absolute atomic E-state index is 12.3. The van der Waals surface area contributed by atoms with Crippen LogP contribution in [0.25, 0.3) is 11.5 Å². The molecule has 0 fully saturated rings. The standard InChI is InChI=1S/C16H19N5O2S/c1-9(14-10(2)20-23-11(14)3)7-13(22)19-16-18-12(8-24-16)15-17-5-6-21(15)4/h5-6,8-9H,7H2,1-4H3,(H,18,19,22). The Kier molecular flexibility index (Phi) is 4.48. The quantitative estimate of drug-likeness (QED) is 0.767. The lowest BCUT2D eigenvalue weighted by Crippen LogP contribution is -2.14. The van der Waals surface area contributed by atoms with Crippen molar-refractivity contribution in [2.45, 2.75) is 33.1 Å². The van der Waals surface area contributed by atoms with Gasteiger partial charge in [-0.1, -0.05) is 12.1 Å². The third-order valence-corrected chi connectivity index (χ3v) is 4.63. The van der Waals surface area contributed by atoms with Crippen molar-refractivity contribution in [2.75, 3.05) is 5.32 Å². The predicted octanol–water partition coefficient (Wildman–Crippen LogP) is 3.28. The van der Waals surface area contributed by atoms with E-state index in [1.165, 1.54) is 11.3 Å². The Morgan fingerprint density at radius 2 is 2.25 bits per heavy atom. The Hall–Kier alpha value is -2.48. The number of thiazole rings is 1. The van der Waals surface area contributed by atoms with Crippen molar-refractivity contribution in [1.82, 2.24) is 19.7 Å². The average molecular weight is 345 g/mol. The Balaban J connectivity index is 1.65. The first kappa shape index (κ1) is 16.4. The van der Waals surface area contributed by atoms with Crippen LogP contribution in [0.3, 0.4) is 0 Å². The van der Waals surface area contributed by atoms with E-state index in [9.17, 15) is 4.79 Å². The highest BCUT2D eigenvalue weighted by atomic mass is 32.1. The lowest BCUT2D eigenvalue weighted by molar-refractivity contribution is -0.116. The summed E-state index contributed by atoms with van der Waals surface area (Å²) in [6.45, 7) is 5.75. The van der Waals surface area contributed by atoms with Gasteiger partial charge in [-0.25, -0.2) is 9.97 Å². The first-order valence-corrected chi connectivity index (χ1v) is 8.49. The fraction of sp³-hybridized carbons (Fsp3) is 0.375. The number of anilines is 1. The van der Waals surface area contributed by atoms with E-state index in [1.54, 1.807) is 6.20 Å². The number of amides is 1. The van der Waals surface area contributed by atoms with E-state index in [-0.39, 0.29) is 11.8 Å². The molecule has 1 amide bonds. The van der Waals surface area contributed by atoms with Crippen molar-refractivity contribution in [1.29, 1.82) is 0 Å². The molecular weight excluding hydrogens is 326 g/mol. The number of carbonyl (C=O) groups is 1. The third-order valence-electron chi connectivity index (χ3n) is 3.87. The maximum atomic E-state index is 12.3. The number of nitrogens with one attached hydrogen (secondary N) is 1. The first-order valence-electron chi connectivity index (χ1n) is 7.61. The Morgan fingerprint density at radius 1 is 1.46 bits per heavy atom. The third kappa shape index (κ3) is 3.23. The van der Waals surface area contributed by atoms with Crippen LogP contribution in [0.1, 0.15) is 36.3 Å². The van der Waals surface area contributed by atoms with Gasteiger partial charge in [-0.05, 0) is 19.8 Å². The summed E-state index contributed by atoms with van der Waals surface area (Å²) in [6.07, 6.45) is 3.93. The monoisotopic (exact) mass is 345 g/mol. The Bertz CT molecular complexity index is 844. The summed E-state index contributed by atoms with van der Waals surface area (Å²) in [5.74, 6) is 1.49. The summed E-state index contributed by atoms with van der Waals surface area (Å²) >= 11 is 1.39. The van der Waals surface area contributed by atoms with Crippen LogP contribution >= 0.6 is 11.3 Å². The Labute approximate surface area is 143 Å². The van der Waals surface area contributed by atoms with Crippen LogP contribution < -0.4 is 5.32 Å². The summed E-state index contributed by atoms with van der Waals surface area (Å²) in [5.41, 5.74) is 2.58. The normalized spacial score (nSPS) is 12.3. The molecule has 0 radical (unpaired) electrons. The zero-order valence-electron chi connectivity index (χ0n) is 14.0. The fourth-order valence-electron chi connectivity index (χ4n) is 2.79. The fourth-order valence-corrected chi connectivity index (χ4v) is 3.50. The van der Waals surface area contributed by atoms with Crippen molar-refractivity contribution in [3.8, 4) is 11.5 Å². The van der Waals surface area contributed by atoms with Crippen molar-refractivity contribution in [3.05, 3.63) is 34.8 Å². The second-order valence-corrected chi connectivity index (χ2v) is 6.65. The molecule has 0 aliphatic rings. The van der Waals surface area contributed by atoms with Crippen LogP contribution in [0.2, 0.25) is 0 Å². The highest BCUT2D eigenvalue weighted by Crippen LogP contribution is 2.27. The maximum Gasteiger partial charge on any atom is 0.226 e. The van der Waals surface area contributed by atoms with Gasteiger partial charge in [0.1, 0.15) is 11.5 Å². The van der Waals surface area contributed by atoms with Gasteiger partial charge in [0.25, 0.3) is 0 Å². The molecule has 24 heavy (non-hydrogen) atoms. The molecule has 3 heterocycles. The molecule has 0 spiro atoms. The van der Waals surface area contributed by atoms with E-state index in [0.717, 1.165) is 28.5 Å². The number of hydrogen-bond donors (Lipinski definition) is 1. The summed E-state index contributed by atoms with van der Waals surface area (Å²) < 4.78 is 7.06. The minimum Gasteiger partial charge on any atom is -0.361 e. The first-order chi connectivity index (χ1) is 11.5. The van der Waals surface area contributed by atoms with Gasteiger partial charge in [-0.3, -0.25) is 4.79 Å². The van der Waals surface area contributed by atoms with Crippen LogP contribution in [0.4, 0.5) is 5.13 Å². The van der Waals surface area contributed by atoms with Crippen LogP contribution in [0.5, 0.6) is 0 Å². The van der Waals surface area contributed by atoms with Crippen molar-refractivity contribution < 1.29 is 9.32 Å². The molecule has 1 N–H and O–H groups in total. The van der Waals surface area contributed by atoms with Crippen molar-refractivity contribution >= 4 is 22.4 Å². The summed E-state index contributed by atoms with van der Waals surface area (Å²) in [6, 6.07) is 0. The molecule has 0 bridgehead atoms. The van der Waals surface area contributed by atoms with E-state index >= 15 is 0 Å². The largest absolute Gasteiger partial charge is 0.361 e. The predicted molar refractivity (Wildman–Crippen MR) is 92.0 cm³/mol. The molecule has 3 aromatic heterocycles. The number of imidazole rings is 1. The molecular formula is C16H19N5O2S. The van der Waals surface area contributed by atoms with E-state index in [1.807, 2.05) is 44.0 Å². The van der Waals surface area contributed by atoms with Gasteiger partial charge in [0.2, 0.25) is 5.91 Å². The number of carbonyl (C=O) groups excluding carboxylic acids is 1. The number of nitrogens with zero attached hydrogens (tertiary/aromatic N) is 4. The van der Waals surface area contributed by atoms with E-state index in [4.69, 9.17) is 4.52 Å². The number of hydrogen-bond acceptors (Lipinski definition) is 6. The second-order valence-electron chi connectivity index (χ2n) is 5.79. The van der Waals surface area contributed by atoms with E-state index in [2.05, 4.69) is 20.4 Å². The van der Waals surface area contributed by atoms with Crippen LogP contribution in [-0.2, 0) is 11.8 Å². The molecule has 3 aromatic rings. The van der Waals surface area contributed by atoms with E-state index in [0.29, 0.717) is 11.6 Å². The van der Waals surface area contributed by atoms with Crippen molar-refractivity contribution in [2.24, 2.45) is 7.05 Å². The minimum atomic E-state index is -0.0803. The minimum absolute atomic E-state index is 0.0326. The zero-order chi connectivity index (χ0) is 17.3. The van der Waals surface area contributed by atoms with Crippen LogP contribution in [0, 0.1) is 13.8 Å². The van der Waals surface area contributed by atoms with Gasteiger partial charge in [-0.2, -0.15) is 0 Å². The number of aryl methyl sites for hydroxylation is 3.